The third-order valence-corrected chi connectivity index (χ3v) is 3.36. The second-order valence-corrected chi connectivity index (χ2v) is 4.95. The van der Waals surface area contributed by atoms with E-state index < -0.39 is 0 Å². The number of hydrogen-bond donors (Lipinski definition) is 2. The molecule has 1 heterocycles. The molecule has 2 aromatic carbocycles. The van der Waals surface area contributed by atoms with E-state index in [1.54, 1.807) is 30.3 Å². The van der Waals surface area contributed by atoms with Crippen molar-refractivity contribution in [1.29, 1.82) is 5.41 Å². The first-order valence-electron chi connectivity index (χ1n) is 6.64. The van der Waals surface area contributed by atoms with E-state index in [0.717, 1.165) is 11.3 Å². The first-order chi connectivity index (χ1) is 10.1. The molecule has 2 aromatic rings. The Morgan fingerprint density at radius 3 is 2.76 bits per heavy atom. The largest absolute Gasteiger partial charge is 0.490 e. The van der Waals surface area contributed by atoms with Crippen molar-refractivity contribution in [2.24, 2.45) is 5.73 Å². The molecule has 0 radical (unpaired) electrons. The monoisotopic (exact) mass is 286 g/mol. The molecule has 0 bridgehead atoms. The fraction of sp³-hybridized carbons (Fsp3) is 0.188. The van der Waals surface area contributed by atoms with Crippen LogP contribution in [0.1, 0.15) is 11.1 Å². The molecule has 0 saturated carbocycles. The fourth-order valence-corrected chi connectivity index (χ4v) is 2.30. The van der Waals surface area contributed by atoms with Crippen LogP contribution in [0.5, 0.6) is 11.5 Å². The lowest BCUT2D eigenvalue weighted by Gasteiger charge is -2.12. The van der Waals surface area contributed by atoms with Crippen molar-refractivity contribution in [3.05, 3.63) is 59.4 Å². The predicted molar refractivity (Wildman–Crippen MR) is 77.5 cm³/mol. The summed E-state index contributed by atoms with van der Waals surface area (Å²) < 4.78 is 24.5. The van der Waals surface area contributed by atoms with E-state index in [-0.39, 0.29) is 17.8 Å². The average molecular weight is 286 g/mol. The molecular weight excluding hydrogens is 271 g/mol. The number of halogens is 1. The van der Waals surface area contributed by atoms with Gasteiger partial charge in [0.2, 0.25) is 0 Å². The van der Waals surface area contributed by atoms with E-state index in [0.29, 0.717) is 24.3 Å². The van der Waals surface area contributed by atoms with Gasteiger partial charge in [-0.15, -0.1) is 0 Å². The lowest BCUT2D eigenvalue weighted by molar-refractivity contribution is 0.148. The van der Waals surface area contributed by atoms with Crippen LogP contribution in [-0.4, -0.2) is 18.5 Å². The first-order valence-corrected chi connectivity index (χ1v) is 6.64. The van der Waals surface area contributed by atoms with E-state index in [1.807, 2.05) is 0 Å². The number of nitrogens with two attached hydrogens (primary N) is 1. The maximum atomic E-state index is 13.1. The Labute approximate surface area is 121 Å². The third kappa shape index (κ3) is 2.97. The number of amidine groups is 1. The van der Waals surface area contributed by atoms with Crippen molar-refractivity contribution in [2.45, 2.75) is 12.5 Å². The number of rotatable bonds is 4. The quantitative estimate of drug-likeness (QED) is 0.670. The molecule has 21 heavy (non-hydrogen) atoms. The number of nitrogens with one attached hydrogen (secondary N) is 1. The van der Waals surface area contributed by atoms with Crippen molar-refractivity contribution in [1.82, 2.24) is 0 Å². The molecule has 0 aliphatic carbocycles. The van der Waals surface area contributed by atoms with E-state index in [1.165, 1.54) is 12.1 Å². The van der Waals surface area contributed by atoms with Crippen LogP contribution in [0.3, 0.4) is 0 Å². The van der Waals surface area contributed by atoms with Crippen LogP contribution in [0.2, 0.25) is 0 Å². The van der Waals surface area contributed by atoms with Crippen LogP contribution >= 0.6 is 0 Å². The molecule has 1 unspecified atom stereocenters. The van der Waals surface area contributed by atoms with Crippen LogP contribution in [-0.2, 0) is 6.42 Å². The molecule has 0 aromatic heterocycles. The summed E-state index contributed by atoms with van der Waals surface area (Å²) in [5.41, 5.74) is 6.92. The number of fused-ring (bicyclic) bond motifs is 1. The highest BCUT2D eigenvalue weighted by Crippen LogP contribution is 2.29. The van der Waals surface area contributed by atoms with Gasteiger partial charge in [0.05, 0.1) is 0 Å². The smallest absolute Gasteiger partial charge is 0.137 e. The summed E-state index contributed by atoms with van der Waals surface area (Å²) in [6.07, 6.45) is 0.521. The highest BCUT2D eigenvalue weighted by Gasteiger charge is 2.23. The van der Waals surface area contributed by atoms with Gasteiger partial charge in [0, 0.05) is 17.5 Å². The van der Waals surface area contributed by atoms with Crippen LogP contribution in [0.15, 0.2) is 42.5 Å². The van der Waals surface area contributed by atoms with Gasteiger partial charge in [-0.3, -0.25) is 5.41 Å². The maximum absolute atomic E-state index is 13.1. The standard InChI is InChI=1S/C16H15FN2O2/c17-12-3-6-15-11(7-12)8-14(21-15)9-20-13-4-1-10(2-5-13)16(18)19/h1-7,14H,8-9H2,(H3,18,19). The molecule has 0 amide bonds. The minimum Gasteiger partial charge on any atom is -0.490 e. The normalized spacial score (nSPS) is 16.1. The zero-order valence-electron chi connectivity index (χ0n) is 11.3. The molecule has 4 nitrogen and oxygen atoms in total. The zero-order valence-corrected chi connectivity index (χ0v) is 11.3. The number of nitrogen functional groups attached to an aromatic ring is 1. The molecule has 1 atom stereocenters. The molecule has 108 valence electrons. The minimum atomic E-state index is -0.251. The van der Waals surface area contributed by atoms with Gasteiger partial charge >= 0.3 is 0 Å². The Bertz CT molecular complexity index is 670. The Morgan fingerprint density at radius 2 is 2.05 bits per heavy atom. The molecule has 3 N–H and O–H groups in total. The second-order valence-electron chi connectivity index (χ2n) is 4.95. The van der Waals surface area contributed by atoms with Crippen molar-refractivity contribution >= 4 is 5.84 Å². The molecule has 5 heteroatoms. The van der Waals surface area contributed by atoms with Crippen molar-refractivity contribution in [3.8, 4) is 11.5 Å². The average Bonchev–Trinajstić information content (AvgIpc) is 2.87. The van der Waals surface area contributed by atoms with Crippen LogP contribution in [0.25, 0.3) is 0 Å². The highest BCUT2D eigenvalue weighted by molar-refractivity contribution is 5.94. The van der Waals surface area contributed by atoms with Gasteiger partial charge < -0.3 is 15.2 Å². The van der Waals surface area contributed by atoms with Crippen LogP contribution < -0.4 is 15.2 Å². The molecule has 1 aliphatic heterocycles. The molecule has 0 saturated heterocycles. The lowest BCUT2D eigenvalue weighted by Crippen LogP contribution is -2.22. The Hall–Kier alpha value is -2.56. The summed E-state index contributed by atoms with van der Waals surface area (Å²) in [5, 5.41) is 7.32. The van der Waals surface area contributed by atoms with Crippen molar-refractivity contribution < 1.29 is 13.9 Å². The van der Waals surface area contributed by atoms with E-state index >= 15 is 0 Å². The Morgan fingerprint density at radius 1 is 1.29 bits per heavy atom. The van der Waals surface area contributed by atoms with Gasteiger partial charge in [0.1, 0.15) is 35.9 Å². The maximum Gasteiger partial charge on any atom is 0.137 e. The number of hydrogen-bond acceptors (Lipinski definition) is 3. The summed E-state index contributed by atoms with van der Waals surface area (Å²) in [6.45, 7) is 0.385. The molecular formula is C16H15FN2O2. The Kier molecular flexibility index (Phi) is 3.48. The van der Waals surface area contributed by atoms with Gasteiger partial charge in [-0.05, 0) is 42.5 Å². The SMILES string of the molecule is N=C(N)c1ccc(OCC2Cc3cc(F)ccc3O2)cc1. The number of ether oxygens (including phenoxy) is 2. The van der Waals surface area contributed by atoms with Crippen LogP contribution in [0.4, 0.5) is 4.39 Å². The van der Waals surface area contributed by atoms with Crippen molar-refractivity contribution in [2.75, 3.05) is 6.61 Å². The summed E-state index contributed by atoms with van der Waals surface area (Å²) in [4.78, 5) is 0. The van der Waals surface area contributed by atoms with E-state index in [2.05, 4.69) is 0 Å². The predicted octanol–water partition coefficient (Wildman–Crippen LogP) is 2.49. The lowest BCUT2D eigenvalue weighted by atomic mass is 10.1. The van der Waals surface area contributed by atoms with Crippen molar-refractivity contribution in [3.63, 3.8) is 0 Å². The van der Waals surface area contributed by atoms with E-state index in [9.17, 15) is 4.39 Å². The van der Waals surface area contributed by atoms with Crippen LogP contribution in [0, 0.1) is 11.2 Å². The van der Waals surface area contributed by atoms with Gasteiger partial charge in [-0.1, -0.05) is 0 Å². The minimum absolute atomic E-state index is 0.0261. The second kappa shape index (κ2) is 5.44. The fourth-order valence-electron chi connectivity index (χ4n) is 2.30. The van der Waals surface area contributed by atoms with Gasteiger partial charge in [0.15, 0.2) is 0 Å². The van der Waals surface area contributed by atoms with Gasteiger partial charge in [0.25, 0.3) is 0 Å². The highest BCUT2D eigenvalue weighted by atomic mass is 19.1. The Balaban J connectivity index is 1.58. The summed E-state index contributed by atoms with van der Waals surface area (Å²) >= 11 is 0. The van der Waals surface area contributed by atoms with Gasteiger partial charge in [-0.25, -0.2) is 4.39 Å². The molecule has 0 spiro atoms. The molecule has 3 rings (SSSR count). The van der Waals surface area contributed by atoms with Gasteiger partial charge in [-0.2, -0.15) is 0 Å². The molecule has 1 aliphatic rings. The third-order valence-electron chi connectivity index (χ3n) is 3.36. The van der Waals surface area contributed by atoms with E-state index in [4.69, 9.17) is 20.6 Å². The summed E-state index contributed by atoms with van der Waals surface area (Å²) in [5.74, 6) is 1.18. The first kappa shape index (κ1) is 13.4. The summed E-state index contributed by atoms with van der Waals surface area (Å²) in [6, 6.07) is 11.5. The zero-order chi connectivity index (χ0) is 14.8. The molecule has 0 fully saturated rings. The number of benzene rings is 2. The summed E-state index contributed by atoms with van der Waals surface area (Å²) in [7, 11) is 0. The topological polar surface area (TPSA) is 68.3 Å².